The molecule has 0 rings (SSSR count). The van der Waals surface area contributed by atoms with Gasteiger partial charge in [0.15, 0.2) is 12.1 Å². The van der Waals surface area contributed by atoms with E-state index in [-0.39, 0.29) is 36.2 Å². The fraction of sp³-hybridized carbons (Fsp3) is 0.865. The fourth-order valence-electron chi connectivity index (χ4n) is 7.61. The van der Waals surface area contributed by atoms with Crippen LogP contribution in [0.3, 0.4) is 0 Å². The highest BCUT2D eigenvalue weighted by molar-refractivity contribution is 5.72. The summed E-state index contributed by atoms with van der Waals surface area (Å²) in [6.45, 7) is 4.76. The molecule has 2 atom stereocenters. The Morgan fingerprint density at radius 3 is 1.20 bits per heavy atom. The Kier molecular flexibility index (Phi) is 41.9. The summed E-state index contributed by atoms with van der Waals surface area (Å²) in [6.07, 6.45) is 49.3. The molecular weight excluding hydrogens is 751 g/mol. The lowest BCUT2D eigenvalue weighted by Crippen LogP contribution is -2.50. The van der Waals surface area contributed by atoms with Crippen LogP contribution >= 0.6 is 0 Å². The van der Waals surface area contributed by atoms with Gasteiger partial charge in [0.1, 0.15) is 6.61 Å². The van der Waals surface area contributed by atoms with E-state index in [0.29, 0.717) is 19.3 Å². The molecule has 0 aromatic heterocycles. The van der Waals surface area contributed by atoms with Crippen molar-refractivity contribution in [3.05, 3.63) is 24.3 Å². The minimum atomic E-state index is -0.874. The molecule has 0 bridgehead atoms. The maximum absolute atomic E-state index is 12.8. The molecule has 8 nitrogen and oxygen atoms in total. The molecule has 352 valence electrons. The van der Waals surface area contributed by atoms with E-state index in [1.807, 2.05) is 21.1 Å². The molecule has 0 spiro atoms. The molecule has 2 unspecified atom stereocenters. The van der Waals surface area contributed by atoms with Gasteiger partial charge in [-0.05, 0) is 64.2 Å². The third-order valence-electron chi connectivity index (χ3n) is 11.6. The minimum absolute atomic E-state index is 0.0515. The molecule has 0 radical (unpaired) electrons. The molecule has 0 heterocycles. The van der Waals surface area contributed by atoms with Gasteiger partial charge >= 0.3 is 17.9 Å². The lowest BCUT2D eigenvalue weighted by Gasteiger charge is -2.31. The van der Waals surface area contributed by atoms with Gasteiger partial charge < -0.3 is 23.8 Å². The summed E-state index contributed by atoms with van der Waals surface area (Å²) in [5.74, 6) is -1.46. The highest BCUT2D eigenvalue weighted by Crippen LogP contribution is 2.15. The Labute approximate surface area is 371 Å². The first-order chi connectivity index (χ1) is 29.1. The van der Waals surface area contributed by atoms with Crippen LogP contribution in [0.25, 0.3) is 0 Å². The van der Waals surface area contributed by atoms with Crippen LogP contribution in [0.5, 0.6) is 0 Å². The van der Waals surface area contributed by atoms with Crippen molar-refractivity contribution in [1.82, 2.24) is 0 Å². The average Bonchev–Trinajstić information content (AvgIpc) is 3.21. The lowest BCUT2D eigenvalue weighted by molar-refractivity contribution is -0.887. The molecule has 0 aromatic carbocycles. The van der Waals surface area contributed by atoms with Crippen LogP contribution in [0.2, 0.25) is 0 Å². The van der Waals surface area contributed by atoms with Gasteiger partial charge in [0.2, 0.25) is 0 Å². The second kappa shape index (κ2) is 43.5. The van der Waals surface area contributed by atoms with Gasteiger partial charge in [0.05, 0.1) is 34.4 Å². The van der Waals surface area contributed by atoms with Gasteiger partial charge in [-0.25, -0.2) is 4.79 Å². The van der Waals surface area contributed by atoms with Gasteiger partial charge in [-0.2, -0.15) is 0 Å². The number of hydrogen-bond acceptors (Lipinski definition) is 6. The van der Waals surface area contributed by atoms with Crippen LogP contribution < -0.4 is 0 Å². The number of esters is 2. The maximum atomic E-state index is 12.8. The second-order valence-electron chi connectivity index (χ2n) is 18.4. The van der Waals surface area contributed by atoms with Gasteiger partial charge in [-0.15, -0.1) is 0 Å². The van der Waals surface area contributed by atoms with Crippen molar-refractivity contribution in [2.24, 2.45) is 0 Å². The van der Waals surface area contributed by atoms with E-state index in [1.54, 1.807) is 0 Å². The highest BCUT2D eigenvalue weighted by Gasteiger charge is 2.31. The first kappa shape index (κ1) is 57.8. The van der Waals surface area contributed by atoms with E-state index in [2.05, 4.69) is 38.2 Å². The van der Waals surface area contributed by atoms with E-state index in [9.17, 15) is 19.5 Å². The number of quaternary nitrogens is 1. The molecule has 1 N–H and O–H groups in total. The standard InChI is InChI=1S/C52H97NO7/c1-6-8-10-12-14-16-18-20-22-24-26-28-30-32-34-36-38-40-42-50(54)59-47-48(46-58-45-44-49(52(56)57)53(3,4)5)60-51(55)43-41-39-37-35-33-31-29-27-25-23-21-19-17-15-13-11-9-7-2/h22-25,48-49H,6-21,26-47H2,1-5H3/p+1/b24-22-,25-23-. The number of carboxylic acid groups (broad SMARTS) is 1. The minimum Gasteiger partial charge on any atom is -0.477 e. The third-order valence-corrected chi connectivity index (χ3v) is 11.6. The van der Waals surface area contributed by atoms with Crippen molar-refractivity contribution in [3.63, 3.8) is 0 Å². The molecule has 60 heavy (non-hydrogen) atoms. The van der Waals surface area contributed by atoms with Crippen LogP contribution in [-0.4, -0.2) is 80.6 Å². The van der Waals surface area contributed by atoms with Crippen LogP contribution in [0.4, 0.5) is 0 Å². The molecule has 8 heteroatoms. The summed E-state index contributed by atoms with van der Waals surface area (Å²) in [4.78, 5) is 37.1. The average molecular weight is 849 g/mol. The normalized spacial score (nSPS) is 13.0. The van der Waals surface area contributed by atoms with Gasteiger partial charge in [-0.1, -0.05) is 179 Å². The summed E-state index contributed by atoms with van der Waals surface area (Å²) in [6, 6.07) is -0.614. The Morgan fingerprint density at radius 1 is 0.483 bits per heavy atom. The molecule has 0 aromatic rings. The van der Waals surface area contributed by atoms with Gasteiger partial charge in [0.25, 0.3) is 0 Å². The van der Waals surface area contributed by atoms with E-state index >= 15 is 0 Å². The lowest BCUT2D eigenvalue weighted by atomic mass is 10.1. The molecule has 0 fully saturated rings. The summed E-state index contributed by atoms with van der Waals surface area (Å²) in [7, 11) is 5.54. The van der Waals surface area contributed by atoms with E-state index in [1.165, 1.54) is 167 Å². The zero-order valence-electron chi connectivity index (χ0n) is 40.2. The number of hydrogen-bond donors (Lipinski definition) is 1. The Morgan fingerprint density at radius 2 is 0.833 bits per heavy atom. The van der Waals surface area contributed by atoms with E-state index < -0.39 is 18.1 Å². The zero-order valence-corrected chi connectivity index (χ0v) is 40.2. The van der Waals surface area contributed by atoms with E-state index in [0.717, 1.165) is 38.5 Å². The number of nitrogens with zero attached hydrogens (tertiary/aromatic N) is 1. The van der Waals surface area contributed by atoms with Crippen LogP contribution in [-0.2, 0) is 28.6 Å². The molecule has 0 amide bonds. The zero-order chi connectivity index (χ0) is 44.2. The number of ether oxygens (including phenoxy) is 3. The number of carboxylic acids is 1. The van der Waals surface area contributed by atoms with Gasteiger partial charge in [-0.3, -0.25) is 9.59 Å². The number of carbonyl (C=O) groups excluding carboxylic acids is 2. The number of likely N-dealkylation sites (N-methyl/N-ethyl adjacent to an activating group) is 1. The molecular formula is C52H98NO7+. The monoisotopic (exact) mass is 849 g/mol. The number of allylic oxidation sites excluding steroid dienone is 4. The van der Waals surface area contributed by atoms with Crippen molar-refractivity contribution >= 4 is 17.9 Å². The van der Waals surface area contributed by atoms with Crippen LogP contribution in [0.15, 0.2) is 24.3 Å². The van der Waals surface area contributed by atoms with Gasteiger partial charge in [0, 0.05) is 19.3 Å². The summed E-state index contributed by atoms with van der Waals surface area (Å²) >= 11 is 0. The third kappa shape index (κ3) is 41.2. The number of unbranched alkanes of at least 4 members (excludes halogenated alkanes) is 28. The first-order valence-corrected chi connectivity index (χ1v) is 25.4. The van der Waals surface area contributed by atoms with Crippen LogP contribution in [0, 0.1) is 0 Å². The largest absolute Gasteiger partial charge is 0.477 e. The molecule has 0 aliphatic heterocycles. The highest BCUT2D eigenvalue weighted by atomic mass is 16.6. The summed E-state index contributed by atoms with van der Waals surface area (Å²) in [5, 5.41) is 9.65. The summed E-state index contributed by atoms with van der Waals surface area (Å²) in [5.41, 5.74) is 0. The van der Waals surface area contributed by atoms with Crippen molar-refractivity contribution in [1.29, 1.82) is 0 Å². The Bertz CT molecular complexity index is 1040. The van der Waals surface area contributed by atoms with Crippen molar-refractivity contribution < 1.29 is 38.2 Å². The quantitative estimate of drug-likeness (QED) is 0.0282. The van der Waals surface area contributed by atoms with Crippen molar-refractivity contribution in [2.75, 3.05) is 41.0 Å². The SMILES string of the molecule is CCCCCCCCC/C=C\CCCCCCCCCC(=O)OCC(COCCC(C(=O)O)[N+](C)(C)C)OC(=O)CCCCCCCCC/C=C\CCCCCCCCC. The fourth-order valence-corrected chi connectivity index (χ4v) is 7.61. The topological polar surface area (TPSA) is 99.1 Å². The van der Waals surface area contributed by atoms with Crippen molar-refractivity contribution in [2.45, 2.75) is 251 Å². The second-order valence-corrected chi connectivity index (χ2v) is 18.4. The first-order valence-electron chi connectivity index (χ1n) is 25.4. The molecule has 0 aliphatic rings. The maximum Gasteiger partial charge on any atom is 0.362 e. The molecule has 0 aliphatic carbocycles. The predicted octanol–water partition coefficient (Wildman–Crippen LogP) is 14.4. The van der Waals surface area contributed by atoms with Crippen molar-refractivity contribution in [3.8, 4) is 0 Å². The smallest absolute Gasteiger partial charge is 0.362 e. The Hall–Kier alpha value is -2.19. The van der Waals surface area contributed by atoms with E-state index in [4.69, 9.17) is 14.2 Å². The number of carbonyl (C=O) groups is 3. The summed E-state index contributed by atoms with van der Waals surface area (Å²) < 4.78 is 17.3. The Balaban J connectivity index is 4.25. The van der Waals surface area contributed by atoms with Crippen LogP contribution in [0.1, 0.15) is 239 Å². The molecule has 0 saturated carbocycles. The predicted molar refractivity (Wildman–Crippen MR) is 252 cm³/mol. The number of rotatable bonds is 46. The molecule has 0 saturated heterocycles. The number of aliphatic carboxylic acids is 1.